The molecular formula is C12H17NO3S. The van der Waals surface area contributed by atoms with Crippen LogP contribution in [0.5, 0.6) is 0 Å². The van der Waals surface area contributed by atoms with Gasteiger partial charge in [-0.15, -0.1) is 11.3 Å². The molecule has 94 valence electrons. The molecule has 0 aliphatic carbocycles. The Morgan fingerprint density at radius 1 is 1.47 bits per heavy atom. The first-order valence-corrected chi connectivity index (χ1v) is 6.33. The lowest BCUT2D eigenvalue weighted by atomic mass is 10.1. The van der Waals surface area contributed by atoms with E-state index in [0.717, 1.165) is 4.88 Å². The fraction of sp³-hybridized carbons (Fsp3) is 0.500. The second kappa shape index (κ2) is 6.39. The van der Waals surface area contributed by atoms with Crippen LogP contribution in [0, 0.1) is 5.92 Å². The smallest absolute Gasteiger partial charge is 0.307 e. The summed E-state index contributed by atoms with van der Waals surface area (Å²) in [6.45, 7) is 3.64. The van der Waals surface area contributed by atoms with E-state index in [4.69, 9.17) is 0 Å². The van der Waals surface area contributed by atoms with Gasteiger partial charge in [0.2, 0.25) is 5.91 Å². The third-order valence-electron chi connectivity index (χ3n) is 2.33. The molecule has 0 saturated carbocycles. The van der Waals surface area contributed by atoms with Crippen LogP contribution in [0.2, 0.25) is 0 Å². The second-order valence-electron chi connectivity index (χ2n) is 4.01. The Morgan fingerprint density at radius 3 is 2.65 bits per heavy atom. The minimum absolute atomic E-state index is 0.0627. The van der Waals surface area contributed by atoms with Gasteiger partial charge in [-0.05, 0) is 11.4 Å². The molecule has 1 unspecified atom stereocenters. The van der Waals surface area contributed by atoms with Crippen LogP contribution in [0.25, 0.3) is 0 Å². The van der Waals surface area contributed by atoms with Gasteiger partial charge in [-0.1, -0.05) is 19.9 Å². The molecule has 17 heavy (non-hydrogen) atoms. The maximum Gasteiger partial charge on any atom is 0.307 e. The van der Waals surface area contributed by atoms with Crippen molar-refractivity contribution < 1.29 is 14.3 Å². The summed E-state index contributed by atoms with van der Waals surface area (Å²) < 4.78 is 4.64. The molecule has 1 N–H and O–H groups in total. The summed E-state index contributed by atoms with van der Waals surface area (Å²) in [5, 5.41) is 4.77. The van der Waals surface area contributed by atoms with E-state index in [1.807, 2.05) is 31.4 Å². The molecule has 0 fully saturated rings. The van der Waals surface area contributed by atoms with Gasteiger partial charge in [-0.3, -0.25) is 9.59 Å². The van der Waals surface area contributed by atoms with Crippen LogP contribution in [0.15, 0.2) is 17.5 Å². The summed E-state index contributed by atoms with van der Waals surface area (Å²) in [5.41, 5.74) is 0. The molecular weight excluding hydrogens is 238 g/mol. The van der Waals surface area contributed by atoms with Gasteiger partial charge in [-0.25, -0.2) is 0 Å². The number of esters is 1. The number of methoxy groups -OCH3 is 1. The fourth-order valence-corrected chi connectivity index (χ4v) is 2.08. The van der Waals surface area contributed by atoms with Crippen molar-refractivity contribution in [2.24, 2.45) is 5.92 Å². The highest BCUT2D eigenvalue weighted by molar-refractivity contribution is 7.10. The maximum atomic E-state index is 11.7. The van der Waals surface area contributed by atoms with Crippen molar-refractivity contribution in [2.75, 3.05) is 7.11 Å². The van der Waals surface area contributed by atoms with Crippen LogP contribution >= 0.6 is 11.3 Å². The largest absolute Gasteiger partial charge is 0.469 e. The summed E-state index contributed by atoms with van der Waals surface area (Å²) in [6.07, 6.45) is 0.162. The zero-order valence-electron chi connectivity index (χ0n) is 10.2. The van der Waals surface area contributed by atoms with Gasteiger partial charge in [-0.2, -0.15) is 0 Å². The molecule has 1 aromatic rings. The van der Waals surface area contributed by atoms with E-state index in [1.54, 1.807) is 0 Å². The van der Waals surface area contributed by atoms with Crippen LogP contribution in [0.3, 0.4) is 0 Å². The monoisotopic (exact) mass is 255 g/mol. The molecule has 1 atom stereocenters. The maximum absolute atomic E-state index is 11.7. The molecule has 0 aliphatic rings. The highest BCUT2D eigenvalue weighted by Crippen LogP contribution is 2.22. The quantitative estimate of drug-likeness (QED) is 0.820. The summed E-state index contributed by atoms with van der Waals surface area (Å²) in [7, 11) is 1.35. The predicted molar refractivity (Wildman–Crippen MR) is 66.7 cm³/mol. The Bertz CT molecular complexity index is 373. The van der Waals surface area contributed by atoms with Gasteiger partial charge in [0.15, 0.2) is 0 Å². The van der Waals surface area contributed by atoms with Gasteiger partial charge < -0.3 is 10.1 Å². The Hall–Kier alpha value is -1.36. The van der Waals surface area contributed by atoms with Gasteiger partial charge in [0.25, 0.3) is 0 Å². The van der Waals surface area contributed by atoms with E-state index < -0.39 is 0 Å². The molecule has 0 radical (unpaired) electrons. The highest BCUT2D eigenvalue weighted by atomic mass is 32.1. The SMILES string of the molecule is COC(=O)CC(NC(=O)C(C)C)c1cccs1. The van der Waals surface area contributed by atoms with Crippen LogP contribution < -0.4 is 5.32 Å². The third-order valence-corrected chi connectivity index (χ3v) is 3.31. The first-order valence-electron chi connectivity index (χ1n) is 5.45. The van der Waals surface area contributed by atoms with Crippen molar-refractivity contribution in [3.05, 3.63) is 22.4 Å². The van der Waals surface area contributed by atoms with Crippen molar-refractivity contribution in [3.8, 4) is 0 Å². The molecule has 1 amide bonds. The van der Waals surface area contributed by atoms with E-state index >= 15 is 0 Å². The van der Waals surface area contributed by atoms with Crippen LogP contribution in [0.4, 0.5) is 0 Å². The lowest BCUT2D eigenvalue weighted by Crippen LogP contribution is -2.32. The molecule has 0 saturated heterocycles. The Kier molecular flexibility index (Phi) is 5.15. The minimum Gasteiger partial charge on any atom is -0.469 e. The number of ether oxygens (including phenoxy) is 1. The lowest BCUT2D eigenvalue weighted by molar-refractivity contribution is -0.141. The van der Waals surface area contributed by atoms with Gasteiger partial charge >= 0.3 is 5.97 Å². The standard InChI is InChI=1S/C12H17NO3S/c1-8(2)12(15)13-9(7-11(14)16-3)10-5-4-6-17-10/h4-6,8-9H,7H2,1-3H3,(H,13,15). The topological polar surface area (TPSA) is 55.4 Å². The van der Waals surface area contributed by atoms with E-state index in [-0.39, 0.29) is 30.3 Å². The molecule has 4 nitrogen and oxygen atoms in total. The Balaban J connectivity index is 2.73. The number of nitrogens with one attached hydrogen (secondary N) is 1. The number of hydrogen-bond acceptors (Lipinski definition) is 4. The number of thiophene rings is 1. The van der Waals surface area contributed by atoms with Gasteiger partial charge in [0.05, 0.1) is 19.6 Å². The Labute approximate surface area is 105 Å². The highest BCUT2D eigenvalue weighted by Gasteiger charge is 2.20. The molecule has 0 bridgehead atoms. The van der Waals surface area contributed by atoms with Crippen LogP contribution in [-0.4, -0.2) is 19.0 Å². The number of carbonyl (C=O) groups is 2. The van der Waals surface area contributed by atoms with Crippen molar-refractivity contribution in [1.29, 1.82) is 0 Å². The second-order valence-corrected chi connectivity index (χ2v) is 4.99. The average molecular weight is 255 g/mol. The molecule has 0 aliphatic heterocycles. The van der Waals surface area contributed by atoms with Gasteiger partial charge in [0, 0.05) is 10.8 Å². The molecule has 0 spiro atoms. The number of amides is 1. The van der Waals surface area contributed by atoms with Crippen molar-refractivity contribution in [3.63, 3.8) is 0 Å². The number of carbonyl (C=O) groups excluding carboxylic acids is 2. The van der Waals surface area contributed by atoms with E-state index in [9.17, 15) is 9.59 Å². The molecule has 0 aromatic carbocycles. The van der Waals surface area contributed by atoms with Gasteiger partial charge in [0.1, 0.15) is 0 Å². The minimum atomic E-state index is -0.326. The zero-order chi connectivity index (χ0) is 12.8. The number of hydrogen-bond donors (Lipinski definition) is 1. The summed E-state index contributed by atoms with van der Waals surface area (Å²) >= 11 is 1.51. The summed E-state index contributed by atoms with van der Waals surface area (Å²) in [5.74, 6) is -0.491. The Morgan fingerprint density at radius 2 is 2.18 bits per heavy atom. The van der Waals surface area contributed by atoms with E-state index in [1.165, 1.54) is 18.4 Å². The average Bonchev–Trinajstić information content (AvgIpc) is 2.80. The van der Waals surface area contributed by atoms with Crippen molar-refractivity contribution in [2.45, 2.75) is 26.3 Å². The van der Waals surface area contributed by atoms with E-state index in [2.05, 4.69) is 10.1 Å². The normalized spacial score (nSPS) is 12.2. The molecule has 5 heteroatoms. The molecule has 1 heterocycles. The first-order chi connectivity index (χ1) is 8.04. The molecule has 1 aromatic heterocycles. The van der Waals surface area contributed by atoms with Crippen LogP contribution in [0.1, 0.15) is 31.2 Å². The van der Waals surface area contributed by atoms with Crippen molar-refractivity contribution in [1.82, 2.24) is 5.32 Å². The predicted octanol–water partition coefficient (Wildman–Crippen LogP) is 2.12. The van der Waals surface area contributed by atoms with Crippen LogP contribution in [-0.2, 0) is 14.3 Å². The zero-order valence-corrected chi connectivity index (χ0v) is 11.0. The summed E-state index contributed by atoms with van der Waals surface area (Å²) in [4.78, 5) is 23.9. The molecule has 1 rings (SSSR count). The van der Waals surface area contributed by atoms with Crippen molar-refractivity contribution >= 4 is 23.2 Å². The third kappa shape index (κ3) is 4.19. The lowest BCUT2D eigenvalue weighted by Gasteiger charge is -2.17. The summed E-state index contributed by atoms with van der Waals surface area (Å²) in [6, 6.07) is 3.50. The number of rotatable bonds is 5. The fourth-order valence-electron chi connectivity index (χ4n) is 1.30. The van der Waals surface area contributed by atoms with E-state index in [0.29, 0.717) is 0 Å². The first kappa shape index (κ1) is 13.7.